The lowest BCUT2D eigenvalue weighted by molar-refractivity contribution is -0.142. The summed E-state index contributed by atoms with van der Waals surface area (Å²) < 4.78 is 0. The van der Waals surface area contributed by atoms with Crippen LogP contribution in [0.5, 0.6) is 0 Å². The Morgan fingerprint density at radius 2 is 1.89 bits per heavy atom. The summed E-state index contributed by atoms with van der Waals surface area (Å²) in [5, 5.41) is 12.0. The summed E-state index contributed by atoms with van der Waals surface area (Å²) in [5.41, 5.74) is 0. The van der Waals surface area contributed by atoms with Crippen LogP contribution in [0, 0.1) is 11.8 Å². The molecule has 0 bridgehead atoms. The molecule has 0 radical (unpaired) electrons. The topological polar surface area (TPSA) is 66.4 Å². The van der Waals surface area contributed by atoms with Crippen LogP contribution >= 0.6 is 0 Å². The Morgan fingerprint density at radius 3 is 2.39 bits per heavy atom. The highest BCUT2D eigenvalue weighted by molar-refractivity contribution is 5.78. The van der Waals surface area contributed by atoms with E-state index in [2.05, 4.69) is 12.2 Å². The Morgan fingerprint density at radius 1 is 1.28 bits per heavy atom. The summed E-state index contributed by atoms with van der Waals surface area (Å²) in [7, 11) is 0. The van der Waals surface area contributed by atoms with Crippen molar-refractivity contribution in [3.63, 3.8) is 0 Å². The first-order valence-electron chi connectivity index (χ1n) is 7.07. The van der Waals surface area contributed by atoms with E-state index in [1.54, 1.807) is 0 Å². The third kappa shape index (κ3) is 4.67. The maximum atomic E-state index is 11.9. The number of amides is 1. The normalized spacial score (nSPS) is 25.4. The molecule has 1 fully saturated rings. The zero-order valence-corrected chi connectivity index (χ0v) is 11.4. The Hall–Kier alpha value is -1.06. The van der Waals surface area contributed by atoms with Gasteiger partial charge in [-0.2, -0.15) is 0 Å². The number of carbonyl (C=O) groups excluding carboxylic acids is 1. The fourth-order valence-electron chi connectivity index (χ4n) is 2.47. The van der Waals surface area contributed by atoms with Crippen LogP contribution in [-0.4, -0.2) is 23.0 Å². The number of carboxylic acids is 1. The molecule has 4 heteroatoms. The first-order chi connectivity index (χ1) is 8.54. The van der Waals surface area contributed by atoms with Gasteiger partial charge in [0.15, 0.2) is 0 Å². The lowest BCUT2D eigenvalue weighted by Gasteiger charge is -2.27. The minimum absolute atomic E-state index is 0.0714. The molecule has 0 aliphatic heterocycles. The van der Waals surface area contributed by atoms with Gasteiger partial charge in [0.2, 0.25) is 5.91 Å². The number of unbranched alkanes of at least 4 members (excludes halogenated alkanes) is 1. The van der Waals surface area contributed by atoms with E-state index in [0.29, 0.717) is 12.8 Å². The molecule has 0 saturated heterocycles. The minimum atomic E-state index is -0.698. The van der Waals surface area contributed by atoms with Crippen LogP contribution in [0.3, 0.4) is 0 Å². The number of hydrogen-bond acceptors (Lipinski definition) is 2. The fraction of sp³-hybridized carbons (Fsp3) is 0.857. The van der Waals surface area contributed by atoms with E-state index in [1.165, 1.54) is 0 Å². The van der Waals surface area contributed by atoms with Crippen LogP contribution in [0.25, 0.3) is 0 Å². The molecule has 0 aromatic heterocycles. The van der Waals surface area contributed by atoms with Gasteiger partial charge in [0.25, 0.3) is 0 Å². The van der Waals surface area contributed by atoms with Gasteiger partial charge in [0, 0.05) is 12.0 Å². The van der Waals surface area contributed by atoms with E-state index in [4.69, 9.17) is 5.11 Å². The highest BCUT2D eigenvalue weighted by Gasteiger charge is 2.27. The predicted molar refractivity (Wildman–Crippen MR) is 70.2 cm³/mol. The number of nitrogens with one attached hydrogen (secondary N) is 1. The van der Waals surface area contributed by atoms with E-state index in [0.717, 1.165) is 32.1 Å². The number of aliphatic carboxylic acids is 1. The standard InChI is InChI=1S/C14H25NO3/c1-3-4-5-10(2)13(16)15-12-8-6-11(7-9-12)14(17)18/h10-12H,3-9H2,1-2H3,(H,15,16)(H,17,18). The van der Waals surface area contributed by atoms with Gasteiger partial charge in [-0.1, -0.05) is 26.7 Å². The smallest absolute Gasteiger partial charge is 0.306 e. The SMILES string of the molecule is CCCCC(C)C(=O)NC1CCC(C(=O)O)CC1. The second-order valence-electron chi connectivity index (χ2n) is 5.44. The summed E-state index contributed by atoms with van der Waals surface area (Å²) in [6.07, 6.45) is 6.09. The number of rotatable bonds is 6. The zero-order chi connectivity index (χ0) is 13.5. The number of carboxylic acid groups (broad SMARTS) is 1. The molecule has 0 heterocycles. The van der Waals surface area contributed by atoms with Crippen molar-refractivity contribution in [2.45, 2.75) is 64.8 Å². The Bertz CT molecular complexity index is 283. The molecule has 1 rings (SSSR count). The molecule has 1 unspecified atom stereocenters. The molecule has 1 atom stereocenters. The van der Waals surface area contributed by atoms with E-state index < -0.39 is 5.97 Å². The third-order valence-corrected chi connectivity index (χ3v) is 3.86. The molecular formula is C14H25NO3. The van der Waals surface area contributed by atoms with Crippen molar-refractivity contribution in [3.8, 4) is 0 Å². The maximum absolute atomic E-state index is 11.9. The number of hydrogen-bond donors (Lipinski definition) is 2. The van der Waals surface area contributed by atoms with Crippen molar-refractivity contribution in [2.24, 2.45) is 11.8 Å². The van der Waals surface area contributed by atoms with Crippen molar-refractivity contribution in [1.29, 1.82) is 0 Å². The molecule has 0 spiro atoms. The minimum Gasteiger partial charge on any atom is -0.481 e. The summed E-state index contributed by atoms with van der Waals surface area (Å²) >= 11 is 0. The maximum Gasteiger partial charge on any atom is 0.306 e. The molecule has 1 aliphatic rings. The highest BCUT2D eigenvalue weighted by Crippen LogP contribution is 2.24. The van der Waals surface area contributed by atoms with Gasteiger partial charge >= 0.3 is 5.97 Å². The van der Waals surface area contributed by atoms with Gasteiger partial charge in [-0.25, -0.2) is 0 Å². The average Bonchev–Trinajstić information content (AvgIpc) is 2.36. The summed E-state index contributed by atoms with van der Waals surface area (Å²) in [5.74, 6) is -0.712. The largest absolute Gasteiger partial charge is 0.481 e. The van der Waals surface area contributed by atoms with Gasteiger partial charge < -0.3 is 10.4 Å². The molecular weight excluding hydrogens is 230 g/mol. The van der Waals surface area contributed by atoms with Crippen LogP contribution in [0.2, 0.25) is 0 Å². The molecule has 104 valence electrons. The second-order valence-corrected chi connectivity index (χ2v) is 5.44. The lowest BCUT2D eigenvalue weighted by atomic mass is 9.86. The van der Waals surface area contributed by atoms with Crippen molar-refractivity contribution in [2.75, 3.05) is 0 Å². The monoisotopic (exact) mass is 255 g/mol. The van der Waals surface area contributed by atoms with Crippen molar-refractivity contribution >= 4 is 11.9 Å². The van der Waals surface area contributed by atoms with Gasteiger partial charge in [0.1, 0.15) is 0 Å². The van der Waals surface area contributed by atoms with Gasteiger partial charge in [0.05, 0.1) is 5.92 Å². The zero-order valence-electron chi connectivity index (χ0n) is 11.4. The summed E-state index contributed by atoms with van der Waals surface area (Å²) in [6.45, 7) is 4.09. The van der Waals surface area contributed by atoms with Crippen molar-refractivity contribution in [1.82, 2.24) is 5.32 Å². The molecule has 18 heavy (non-hydrogen) atoms. The Kier molecular flexibility index (Phi) is 6.16. The summed E-state index contributed by atoms with van der Waals surface area (Å²) in [6, 6.07) is 0.178. The second kappa shape index (κ2) is 7.39. The average molecular weight is 255 g/mol. The lowest BCUT2D eigenvalue weighted by Crippen LogP contribution is -2.41. The van der Waals surface area contributed by atoms with E-state index in [-0.39, 0.29) is 23.8 Å². The third-order valence-electron chi connectivity index (χ3n) is 3.86. The number of carbonyl (C=O) groups is 2. The highest BCUT2D eigenvalue weighted by atomic mass is 16.4. The van der Waals surface area contributed by atoms with E-state index in [9.17, 15) is 9.59 Å². The van der Waals surface area contributed by atoms with Crippen LogP contribution in [0.15, 0.2) is 0 Å². The molecule has 4 nitrogen and oxygen atoms in total. The molecule has 0 aromatic carbocycles. The quantitative estimate of drug-likeness (QED) is 0.766. The van der Waals surface area contributed by atoms with Crippen LogP contribution in [0.4, 0.5) is 0 Å². The Balaban J connectivity index is 2.27. The molecule has 1 amide bonds. The van der Waals surface area contributed by atoms with Crippen molar-refractivity contribution < 1.29 is 14.7 Å². The molecule has 1 aliphatic carbocycles. The van der Waals surface area contributed by atoms with Crippen molar-refractivity contribution in [3.05, 3.63) is 0 Å². The van der Waals surface area contributed by atoms with Crippen LogP contribution < -0.4 is 5.32 Å². The molecule has 1 saturated carbocycles. The Labute approximate surface area is 109 Å². The first-order valence-corrected chi connectivity index (χ1v) is 7.07. The first kappa shape index (κ1) is 15.0. The predicted octanol–water partition coefficient (Wildman–Crippen LogP) is 2.57. The van der Waals surface area contributed by atoms with Crippen LogP contribution in [0.1, 0.15) is 58.8 Å². The molecule has 0 aromatic rings. The van der Waals surface area contributed by atoms with Gasteiger partial charge in [-0.15, -0.1) is 0 Å². The van der Waals surface area contributed by atoms with E-state index in [1.807, 2.05) is 6.92 Å². The van der Waals surface area contributed by atoms with E-state index >= 15 is 0 Å². The van der Waals surface area contributed by atoms with Crippen LogP contribution in [-0.2, 0) is 9.59 Å². The fourth-order valence-corrected chi connectivity index (χ4v) is 2.47. The van der Waals surface area contributed by atoms with Gasteiger partial charge in [-0.05, 0) is 32.1 Å². The molecule has 2 N–H and O–H groups in total. The van der Waals surface area contributed by atoms with Gasteiger partial charge in [-0.3, -0.25) is 9.59 Å². The summed E-state index contributed by atoms with van der Waals surface area (Å²) in [4.78, 5) is 22.7.